The Morgan fingerprint density at radius 2 is 2.15 bits per heavy atom. The molecule has 13 heavy (non-hydrogen) atoms. The lowest BCUT2D eigenvalue weighted by Crippen LogP contribution is -2.19. The molecule has 0 fully saturated rings. The quantitative estimate of drug-likeness (QED) is 0.447. The maximum Gasteiger partial charge on any atom is 0.490 e. The first kappa shape index (κ1) is 8.21. The van der Waals surface area contributed by atoms with Gasteiger partial charge in [-0.25, -0.2) is 9.98 Å². The molecule has 1 aliphatic heterocycles. The van der Waals surface area contributed by atoms with Gasteiger partial charge in [0, 0.05) is 11.9 Å². The monoisotopic (exact) mass is 177 g/mol. The zero-order valence-electron chi connectivity index (χ0n) is 6.81. The second-order valence-electron chi connectivity index (χ2n) is 2.81. The van der Waals surface area contributed by atoms with Gasteiger partial charge < -0.3 is 15.8 Å². The molecule has 5 nitrogen and oxygen atoms in total. The fourth-order valence-corrected chi connectivity index (χ4v) is 1.35. The van der Waals surface area contributed by atoms with Crippen molar-refractivity contribution >= 4 is 18.8 Å². The molecule has 0 aromatic heterocycles. The minimum Gasteiger partial charge on any atom is -0.423 e. The molecule has 0 saturated carbocycles. The summed E-state index contributed by atoms with van der Waals surface area (Å²) in [5.41, 5.74) is 6.94. The number of allylic oxidation sites excluding steroid dienone is 4. The van der Waals surface area contributed by atoms with Crippen molar-refractivity contribution in [1.82, 2.24) is 0 Å². The highest BCUT2D eigenvalue weighted by Gasteiger charge is 2.26. The molecule has 4 N–H and O–H groups in total. The number of aliphatic imine (C=N–C) groups is 2. The van der Waals surface area contributed by atoms with Crippen LogP contribution in [0.5, 0.6) is 0 Å². The van der Waals surface area contributed by atoms with Gasteiger partial charge in [-0.05, 0) is 0 Å². The summed E-state index contributed by atoms with van der Waals surface area (Å²) in [6, 6.07) is 0. The van der Waals surface area contributed by atoms with Gasteiger partial charge >= 0.3 is 7.12 Å². The van der Waals surface area contributed by atoms with E-state index < -0.39 is 7.12 Å². The molecule has 0 radical (unpaired) electrons. The highest BCUT2D eigenvalue weighted by molar-refractivity contribution is 6.53. The van der Waals surface area contributed by atoms with Crippen molar-refractivity contribution < 1.29 is 10.0 Å². The third-order valence-electron chi connectivity index (χ3n) is 1.91. The summed E-state index contributed by atoms with van der Waals surface area (Å²) in [4.78, 5) is 7.87. The van der Waals surface area contributed by atoms with Gasteiger partial charge in [-0.3, -0.25) is 0 Å². The summed E-state index contributed by atoms with van der Waals surface area (Å²) in [5, 5.41) is 18.0. The molecule has 6 heteroatoms. The minimum atomic E-state index is -1.52. The molecule has 0 saturated heterocycles. The number of guanidine groups is 1. The largest absolute Gasteiger partial charge is 0.490 e. The molecule has 1 heterocycles. The van der Waals surface area contributed by atoms with Crippen molar-refractivity contribution in [3.8, 4) is 0 Å². The van der Waals surface area contributed by atoms with Crippen LogP contribution in [0.15, 0.2) is 33.3 Å². The minimum absolute atomic E-state index is 0.173. The summed E-state index contributed by atoms with van der Waals surface area (Å²) < 4.78 is 0. The Kier molecular flexibility index (Phi) is 1.79. The number of fused-ring (bicyclic) bond motifs is 1. The van der Waals surface area contributed by atoms with Crippen molar-refractivity contribution in [2.75, 3.05) is 0 Å². The molecule has 0 bridgehead atoms. The summed E-state index contributed by atoms with van der Waals surface area (Å²) in [5.74, 6) is 0.173. The predicted molar refractivity (Wildman–Crippen MR) is 50.0 cm³/mol. The van der Waals surface area contributed by atoms with Crippen LogP contribution in [-0.2, 0) is 0 Å². The first-order chi connectivity index (χ1) is 6.18. The number of nitrogens with zero attached hydrogens (tertiary/aromatic N) is 2. The molecule has 0 spiro atoms. The van der Waals surface area contributed by atoms with Crippen molar-refractivity contribution in [3.63, 3.8) is 0 Å². The molecule has 0 aromatic rings. The van der Waals surface area contributed by atoms with Crippen LogP contribution >= 0.6 is 0 Å². The Morgan fingerprint density at radius 1 is 1.38 bits per heavy atom. The van der Waals surface area contributed by atoms with Gasteiger partial charge in [0.1, 0.15) is 0 Å². The molecule has 0 atom stereocenters. The topological polar surface area (TPSA) is 91.2 Å². The van der Waals surface area contributed by atoms with Crippen LogP contribution in [0.2, 0.25) is 0 Å². The summed E-state index contributed by atoms with van der Waals surface area (Å²) in [6.07, 6.45) is 4.06. The summed E-state index contributed by atoms with van der Waals surface area (Å²) >= 11 is 0. The third kappa shape index (κ3) is 1.30. The first-order valence-electron chi connectivity index (χ1n) is 3.87. The number of hydrogen-bond acceptors (Lipinski definition) is 5. The summed E-state index contributed by atoms with van der Waals surface area (Å²) in [6.45, 7) is 0. The van der Waals surface area contributed by atoms with Crippen LogP contribution in [0, 0.1) is 0 Å². The van der Waals surface area contributed by atoms with E-state index in [1.165, 1.54) is 0 Å². The number of rotatable bonds is 1. The molecule has 66 valence electrons. The normalized spacial score (nSPS) is 19.8. The summed E-state index contributed by atoms with van der Waals surface area (Å²) in [7, 11) is -1.52. The molecule has 1 aliphatic carbocycles. The highest BCUT2D eigenvalue weighted by Crippen LogP contribution is 2.22. The Morgan fingerprint density at radius 3 is 2.85 bits per heavy atom. The average molecular weight is 177 g/mol. The predicted octanol–water partition coefficient (Wildman–Crippen LogP) is -1.02. The second-order valence-corrected chi connectivity index (χ2v) is 2.81. The van der Waals surface area contributed by atoms with Crippen LogP contribution in [0.1, 0.15) is 6.42 Å². The van der Waals surface area contributed by atoms with Crippen molar-refractivity contribution in [1.29, 1.82) is 0 Å². The van der Waals surface area contributed by atoms with E-state index in [4.69, 9.17) is 15.8 Å². The van der Waals surface area contributed by atoms with Crippen LogP contribution in [0.4, 0.5) is 0 Å². The maximum absolute atomic E-state index is 8.99. The highest BCUT2D eigenvalue weighted by atomic mass is 16.4. The van der Waals surface area contributed by atoms with E-state index in [0.29, 0.717) is 23.3 Å². The molecular weight excluding hydrogens is 169 g/mol. The molecule has 2 aliphatic rings. The van der Waals surface area contributed by atoms with E-state index in [1.807, 2.05) is 0 Å². The standard InChI is InChI=1S/C7H8BN3O2/c9-7-10-5-3-1-2-4(8(12)13)6(5)11-7/h1-2,12-13H,3H2,(H2,9,11). The van der Waals surface area contributed by atoms with E-state index in [2.05, 4.69) is 9.98 Å². The third-order valence-corrected chi connectivity index (χ3v) is 1.91. The van der Waals surface area contributed by atoms with Gasteiger partial charge in [0.25, 0.3) is 0 Å². The molecule has 0 amide bonds. The van der Waals surface area contributed by atoms with Crippen molar-refractivity contribution in [3.05, 3.63) is 23.3 Å². The van der Waals surface area contributed by atoms with Gasteiger partial charge in [-0.15, -0.1) is 0 Å². The molecule has 2 rings (SSSR count). The number of nitrogens with two attached hydrogens (primary N) is 1. The molecule has 0 unspecified atom stereocenters. The van der Waals surface area contributed by atoms with E-state index >= 15 is 0 Å². The van der Waals surface area contributed by atoms with Crippen LogP contribution in [-0.4, -0.2) is 28.8 Å². The van der Waals surface area contributed by atoms with Gasteiger partial charge in [0.2, 0.25) is 5.96 Å². The van der Waals surface area contributed by atoms with Gasteiger partial charge in [0.05, 0.1) is 11.4 Å². The molecule has 0 aromatic carbocycles. The Balaban J connectivity index is 2.49. The first-order valence-corrected chi connectivity index (χ1v) is 3.87. The maximum atomic E-state index is 8.99. The lowest BCUT2D eigenvalue weighted by Gasteiger charge is -2.09. The zero-order valence-corrected chi connectivity index (χ0v) is 6.81. The fraction of sp³-hybridized carbons (Fsp3) is 0.143. The van der Waals surface area contributed by atoms with E-state index in [1.54, 1.807) is 12.2 Å². The zero-order chi connectivity index (χ0) is 9.42. The van der Waals surface area contributed by atoms with Crippen LogP contribution < -0.4 is 5.73 Å². The van der Waals surface area contributed by atoms with E-state index in [9.17, 15) is 0 Å². The Labute approximate surface area is 75.1 Å². The Hall–Kier alpha value is -1.40. The van der Waals surface area contributed by atoms with Crippen LogP contribution in [0.25, 0.3) is 0 Å². The lowest BCUT2D eigenvalue weighted by molar-refractivity contribution is 0.420. The smallest absolute Gasteiger partial charge is 0.423 e. The average Bonchev–Trinajstić information content (AvgIpc) is 2.43. The Bertz CT molecular complexity index is 368. The number of hydrogen-bond donors (Lipinski definition) is 3. The van der Waals surface area contributed by atoms with E-state index in [-0.39, 0.29) is 5.96 Å². The van der Waals surface area contributed by atoms with Crippen molar-refractivity contribution in [2.45, 2.75) is 6.42 Å². The van der Waals surface area contributed by atoms with Gasteiger partial charge in [-0.1, -0.05) is 12.2 Å². The SMILES string of the molecule is NC1=NC2=C(B(O)O)C=CCC2=N1. The van der Waals surface area contributed by atoms with Gasteiger partial charge in [-0.2, -0.15) is 0 Å². The molecular formula is C7H8BN3O2. The van der Waals surface area contributed by atoms with Crippen LogP contribution in [0.3, 0.4) is 0 Å². The van der Waals surface area contributed by atoms with Gasteiger partial charge in [0.15, 0.2) is 0 Å². The van der Waals surface area contributed by atoms with Crippen molar-refractivity contribution in [2.24, 2.45) is 15.7 Å². The fourth-order valence-electron chi connectivity index (χ4n) is 1.35. The van der Waals surface area contributed by atoms with E-state index in [0.717, 1.165) is 0 Å². The lowest BCUT2D eigenvalue weighted by atomic mass is 9.75. The second kappa shape index (κ2) is 2.83.